The van der Waals surface area contributed by atoms with Crippen molar-refractivity contribution >= 4 is 27.6 Å². The number of carboxylic acids is 1. The molecule has 0 saturated carbocycles. The fourth-order valence-corrected chi connectivity index (χ4v) is 1.49. The zero-order valence-electron chi connectivity index (χ0n) is 6.84. The average Bonchev–Trinajstić information content (AvgIpc) is 2.07. The predicted molar refractivity (Wildman–Crippen MR) is 51.9 cm³/mol. The number of aromatic hydroxyl groups is 1. The SMILES string of the molecule is Cc1c(N)cc(C(=O)O)c(Br)c1O. The second-order valence-electron chi connectivity index (χ2n) is 2.61. The van der Waals surface area contributed by atoms with E-state index in [1.165, 1.54) is 6.07 Å². The molecule has 70 valence electrons. The summed E-state index contributed by atoms with van der Waals surface area (Å²) in [5.74, 6) is -1.26. The Hall–Kier alpha value is -1.23. The minimum Gasteiger partial charge on any atom is -0.506 e. The summed E-state index contributed by atoms with van der Waals surface area (Å²) < 4.78 is 0.159. The van der Waals surface area contributed by atoms with E-state index in [0.717, 1.165) is 0 Å². The van der Waals surface area contributed by atoms with Crippen molar-refractivity contribution in [2.45, 2.75) is 6.92 Å². The van der Waals surface area contributed by atoms with Gasteiger partial charge in [-0.2, -0.15) is 0 Å². The molecule has 4 N–H and O–H groups in total. The normalized spacial score (nSPS) is 10.0. The van der Waals surface area contributed by atoms with Gasteiger partial charge in [-0.3, -0.25) is 0 Å². The number of benzene rings is 1. The van der Waals surface area contributed by atoms with Crippen LogP contribution in [-0.2, 0) is 0 Å². The molecule has 1 aromatic rings. The fraction of sp³-hybridized carbons (Fsp3) is 0.125. The van der Waals surface area contributed by atoms with E-state index in [2.05, 4.69) is 15.9 Å². The van der Waals surface area contributed by atoms with Gasteiger partial charge >= 0.3 is 5.97 Å². The minimum atomic E-state index is -1.13. The number of anilines is 1. The monoisotopic (exact) mass is 245 g/mol. The highest BCUT2D eigenvalue weighted by Gasteiger charge is 2.15. The Bertz CT molecular complexity index is 376. The molecule has 0 spiro atoms. The fourth-order valence-electron chi connectivity index (χ4n) is 0.912. The van der Waals surface area contributed by atoms with Crippen LogP contribution >= 0.6 is 15.9 Å². The van der Waals surface area contributed by atoms with Crippen LogP contribution in [0.25, 0.3) is 0 Å². The Kier molecular flexibility index (Phi) is 2.47. The first-order valence-electron chi connectivity index (χ1n) is 3.46. The van der Waals surface area contributed by atoms with Gasteiger partial charge in [-0.25, -0.2) is 4.79 Å². The number of hydrogen-bond donors (Lipinski definition) is 3. The molecule has 0 atom stereocenters. The lowest BCUT2D eigenvalue weighted by atomic mass is 10.1. The molecule has 0 aliphatic rings. The average molecular weight is 246 g/mol. The smallest absolute Gasteiger partial charge is 0.337 e. The molecule has 0 fully saturated rings. The maximum Gasteiger partial charge on any atom is 0.337 e. The summed E-state index contributed by atoms with van der Waals surface area (Å²) >= 11 is 2.98. The number of carbonyl (C=O) groups is 1. The van der Waals surface area contributed by atoms with Crippen molar-refractivity contribution < 1.29 is 15.0 Å². The number of phenols is 1. The van der Waals surface area contributed by atoms with Gasteiger partial charge in [0, 0.05) is 11.3 Å². The summed E-state index contributed by atoms with van der Waals surface area (Å²) in [7, 11) is 0. The van der Waals surface area contributed by atoms with E-state index in [1.807, 2.05) is 0 Å². The van der Waals surface area contributed by atoms with Crippen molar-refractivity contribution in [3.63, 3.8) is 0 Å². The summed E-state index contributed by atoms with van der Waals surface area (Å²) in [6, 6.07) is 1.31. The molecule has 0 aromatic heterocycles. The largest absolute Gasteiger partial charge is 0.506 e. The minimum absolute atomic E-state index is 0.0411. The lowest BCUT2D eigenvalue weighted by Gasteiger charge is -2.07. The molecule has 0 radical (unpaired) electrons. The molecule has 0 amide bonds. The van der Waals surface area contributed by atoms with Gasteiger partial charge in [0.25, 0.3) is 0 Å². The standard InChI is InChI=1S/C8H8BrNO3/c1-3-5(10)2-4(8(12)13)6(9)7(3)11/h2,11H,10H2,1H3,(H,12,13). The number of carboxylic acid groups (broad SMARTS) is 1. The Morgan fingerprint density at radius 3 is 2.62 bits per heavy atom. The van der Waals surface area contributed by atoms with E-state index in [0.29, 0.717) is 5.56 Å². The first-order chi connectivity index (χ1) is 5.95. The maximum atomic E-state index is 10.6. The highest BCUT2D eigenvalue weighted by Crippen LogP contribution is 2.34. The van der Waals surface area contributed by atoms with Crippen LogP contribution in [-0.4, -0.2) is 16.2 Å². The van der Waals surface area contributed by atoms with Crippen LogP contribution in [0.1, 0.15) is 15.9 Å². The lowest BCUT2D eigenvalue weighted by molar-refractivity contribution is 0.0695. The van der Waals surface area contributed by atoms with Crippen molar-refractivity contribution in [3.05, 3.63) is 21.7 Å². The molecular weight excluding hydrogens is 238 g/mol. The third-order valence-corrected chi connectivity index (χ3v) is 2.57. The Balaban J connectivity index is 3.50. The Morgan fingerprint density at radius 1 is 1.62 bits per heavy atom. The zero-order chi connectivity index (χ0) is 10.2. The molecule has 0 saturated heterocycles. The van der Waals surface area contributed by atoms with Gasteiger partial charge < -0.3 is 15.9 Å². The first-order valence-corrected chi connectivity index (χ1v) is 4.25. The van der Waals surface area contributed by atoms with Crippen LogP contribution in [0.3, 0.4) is 0 Å². The van der Waals surface area contributed by atoms with Crippen LogP contribution in [0.5, 0.6) is 5.75 Å². The number of nitrogens with two attached hydrogens (primary N) is 1. The lowest BCUT2D eigenvalue weighted by Crippen LogP contribution is -2.01. The van der Waals surface area contributed by atoms with Crippen molar-refractivity contribution in [2.75, 3.05) is 5.73 Å². The molecule has 0 unspecified atom stereocenters. The van der Waals surface area contributed by atoms with Crippen molar-refractivity contribution in [2.24, 2.45) is 0 Å². The van der Waals surface area contributed by atoms with Crippen molar-refractivity contribution in [1.29, 1.82) is 0 Å². The van der Waals surface area contributed by atoms with Crippen LogP contribution < -0.4 is 5.73 Å². The molecule has 5 heteroatoms. The topological polar surface area (TPSA) is 83.6 Å². The van der Waals surface area contributed by atoms with E-state index in [4.69, 9.17) is 10.8 Å². The summed E-state index contributed by atoms with van der Waals surface area (Å²) in [6.45, 7) is 1.61. The van der Waals surface area contributed by atoms with Gasteiger partial charge in [-0.1, -0.05) is 0 Å². The van der Waals surface area contributed by atoms with Crippen LogP contribution in [0.15, 0.2) is 10.5 Å². The second kappa shape index (κ2) is 3.26. The van der Waals surface area contributed by atoms with Gasteiger partial charge in [-0.05, 0) is 28.9 Å². The second-order valence-corrected chi connectivity index (χ2v) is 3.40. The van der Waals surface area contributed by atoms with E-state index < -0.39 is 5.97 Å². The van der Waals surface area contributed by atoms with Crippen molar-refractivity contribution in [1.82, 2.24) is 0 Å². The number of nitrogen functional groups attached to an aromatic ring is 1. The van der Waals surface area contributed by atoms with Gasteiger partial charge in [0.15, 0.2) is 0 Å². The summed E-state index contributed by atoms with van der Waals surface area (Å²) in [5.41, 5.74) is 6.17. The predicted octanol–water partition coefficient (Wildman–Crippen LogP) is 1.74. The molecule has 1 aromatic carbocycles. The summed E-state index contributed by atoms with van der Waals surface area (Å²) in [4.78, 5) is 10.6. The first kappa shape index (κ1) is 9.85. The quantitative estimate of drug-likeness (QED) is 0.659. The van der Waals surface area contributed by atoms with E-state index in [-0.39, 0.29) is 21.5 Å². The molecule has 0 aliphatic heterocycles. The van der Waals surface area contributed by atoms with Gasteiger partial charge in [-0.15, -0.1) is 0 Å². The molecule has 0 aliphatic carbocycles. The van der Waals surface area contributed by atoms with E-state index in [1.54, 1.807) is 6.92 Å². The molecular formula is C8H8BrNO3. The van der Waals surface area contributed by atoms with Crippen LogP contribution in [0, 0.1) is 6.92 Å². The third kappa shape index (κ3) is 1.60. The summed E-state index contributed by atoms with van der Waals surface area (Å²) in [6.07, 6.45) is 0. The number of aromatic carboxylic acids is 1. The van der Waals surface area contributed by atoms with Gasteiger partial charge in [0.1, 0.15) is 5.75 Å². The highest BCUT2D eigenvalue weighted by molar-refractivity contribution is 9.10. The van der Waals surface area contributed by atoms with Crippen LogP contribution in [0.4, 0.5) is 5.69 Å². The number of halogens is 1. The number of phenolic OH excluding ortho intramolecular Hbond substituents is 1. The zero-order valence-corrected chi connectivity index (χ0v) is 8.42. The molecule has 0 heterocycles. The number of hydrogen-bond acceptors (Lipinski definition) is 3. The molecule has 1 rings (SSSR count). The van der Waals surface area contributed by atoms with Gasteiger partial charge in [0.2, 0.25) is 0 Å². The van der Waals surface area contributed by atoms with Crippen molar-refractivity contribution in [3.8, 4) is 5.75 Å². The highest BCUT2D eigenvalue weighted by atomic mass is 79.9. The summed E-state index contributed by atoms with van der Waals surface area (Å²) in [5, 5.41) is 18.1. The Morgan fingerprint density at radius 2 is 2.15 bits per heavy atom. The van der Waals surface area contributed by atoms with Gasteiger partial charge in [0.05, 0.1) is 10.0 Å². The number of rotatable bonds is 1. The Labute approximate surface area is 83.1 Å². The molecule has 4 nitrogen and oxygen atoms in total. The molecule has 13 heavy (non-hydrogen) atoms. The molecule has 0 bridgehead atoms. The van der Waals surface area contributed by atoms with Crippen LogP contribution in [0.2, 0.25) is 0 Å². The van der Waals surface area contributed by atoms with E-state index in [9.17, 15) is 9.90 Å². The van der Waals surface area contributed by atoms with E-state index >= 15 is 0 Å². The third-order valence-electron chi connectivity index (χ3n) is 1.76. The maximum absolute atomic E-state index is 10.6.